The van der Waals surface area contributed by atoms with Crippen molar-refractivity contribution in [1.29, 1.82) is 0 Å². The zero-order valence-corrected chi connectivity index (χ0v) is 41.6. The van der Waals surface area contributed by atoms with Gasteiger partial charge in [-0.15, -0.1) is 0 Å². The zero-order valence-electron chi connectivity index (χ0n) is 40.0. The molecular weight excluding hydrogens is 1040 g/mol. The van der Waals surface area contributed by atoms with E-state index in [1.165, 1.54) is 48.5 Å². The van der Waals surface area contributed by atoms with Crippen LogP contribution in [-0.4, -0.2) is 49.6 Å². The van der Waals surface area contributed by atoms with Crippen molar-refractivity contribution in [3.05, 3.63) is 216 Å². The Labute approximate surface area is 442 Å². The highest BCUT2D eigenvalue weighted by Gasteiger charge is 2.42. The maximum Gasteiger partial charge on any atom is 0.294 e. The smallest absolute Gasteiger partial charge is 0.294 e. The van der Waals surface area contributed by atoms with Crippen LogP contribution >= 0.6 is 0 Å². The summed E-state index contributed by atoms with van der Waals surface area (Å²) in [5, 5.41) is 1.86. The van der Waals surface area contributed by atoms with Crippen molar-refractivity contribution in [3.8, 4) is 46.0 Å². The molecule has 2 aliphatic rings. The van der Waals surface area contributed by atoms with Crippen LogP contribution in [0.3, 0.4) is 0 Å². The number of para-hydroxylation sites is 4. The monoisotopic (exact) mass is 1070 g/mol. The third kappa shape index (κ3) is 7.73. The van der Waals surface area contributed by atoms with E-state index in [1.54, 1.807) is 121 Å². The highest BCUT2D eigenvalue weighted by molar-refractivity contribution is 7.86. The number of carbonyl (C=O) groups is 4. The Morgan fingerprint density at radius 3 is 0.744 bits per heavy atom. The Morgan fingerprint density at radius 2 is 0.526 bits per heavy atom. The van der Waals surface area contributed by atoms with E-state index in [1.807, 2.05) is 0 Å². The molecular formula is C60H34N2O14S2. The van der Waals surface area contributed by atoms with Gasteiger partial charge in [0, 0.05) is 43.1 Å². The maximum atomic E-state index is 15.4. The maximum absolute atomic E-state index is 15.4. The molecule has 11 aromatic carbocycles. The van der Waals surface area contributed by atoms with E-state index in [0.29, 0.717) is 23.0 Å². The summed E-state index contributed by atoms with van der Waals surface area (Å²) in [6, 6.07) is 49.9. The highest BCUT2D eigenvalue weighted by atomic mass is 32.2. The second-order valence-electron chi connectivity index (χ2n) is 18.2. The molecule has 0 saturated carbocycles. The minimum Gasteiger partial charge on any atom is -0.457 e. The Balaban J connectivity index is 1.22. The van der Waals surface area contributed by atoms with Gasteiger partial charge in [0.1, 0.15) is 46.0 Å². The molecule has 380 valence electrons. The first kappa shape index (κ1) is 47.7. The fraction of sp³-hybridized carbons (Fsp3) is 0. The average Bonchev–Trinajstić information content (AvgIpc) is 1.85. The number of hydrogen-bond donors (Lipinski definition) is 2. The standard InChI is InChI=1S/C60H34N2O14S2/c63-57-41-29-45(73-35-13-5-1-6-14-35)51-52-46(74-36-15-7-2-8-16-36)30-43-50-44(60(66)62(59(43)65)34-23-27-40(28-24-34)78(70,71)72)32-48(76-38-19-11-4-12-20-38)54(56(50)52)53-47(75-37-17-9-3-10-18-37)31-42(49(41)55(51)53)58(64)61(57)33-21-25-39(26-22-33)77(67,68)69/h1-32H,(H,67,68,69)(H,70,71,72). The first-order valence-corrected chi connectivity index (χ1v) is 26.7. The third-order valence-corrected chi connectivity index (χ3v) is 15.3. The summed E-state index contributed by atoms with van der Waals surface area (Å²) in [6.07, 6.45) is 0. The summed E-state index contributed by atoms with van der Waals surface area (Å²) in [4.78, 5) is 62.3. The number of amides is 4. The number of carbonyl (C=O) groups excluding carboxylic acids is 4. The van der Waals surface area contributed by atoms with Crippen LogP contribution in [0.25, 0.3) is 43.1 Å². The highest BCUT2D eigenvalue weighted by Crippen LogP contribution is 2.58. The van der Waals surface area contributed by atoms with Gasteiger partial charge in [-0.05, 0) is 121 Å². The van der Waals surface area contributed by atoms with Crippen molar-refractivity contribution in [2.24, 2.45) is 0 Å². The number of nitrogens with zero attached hydrogens (tertiary/aromatic N) is 2. The SMILES string of the molecule is O=C1c2cc(Oc3ccccc3)c3c4c(Oc5ccccc5)cc5c6c(cc(Oc7ccccc7)c(c7c(Oc8ccccc8)cc(c2c37)C(=O)N1c1ccc(S(=O)(=O)O)cc1)c64)C(=O)N(c1ccc(S(=O)(=O)O)cc1)C5=O. The lowest BCUT2D eigenvalue weighted by molar-refractivity contribution is 0.0877. The molecule has 18 heteroatoms. The predicted octanol–water partition coefficient (Wildman–Crippen LogP) is 13.0. The Hall–Kier alpha value is -9.98. The molecule has 2 N–H and O–H groups in total. The molecule has 0 bridgehead atoms. The van der Waals surface area contributed by atoms with E-state index in [-0.39, 0.29) is 99.7 Å². The number of fused-ring (bicyclic) bond motifs is 2. The summed E-state index contributed by atoms with van der Waals surface area (Å²) in [7, 11) is -9.32. The van der Waals surface area contributed by atoms with Gasteiger partial charge in [0.2, 0.25) is 0 Å². The second-order valence-corrected chi connectivity index (χ2v) is 21.0. The lowest BCUT2D eigenvalue weighted by Crippen LogP contribution is -2.40. The van der Waals surface area contributed by atoms with Gasteiger partial charge >= 0.3 is 0 Å². The first-order valence-electron chi connectivity index (χ1n) is 23.8. The molecule has 2 heterocycles. The Bertz CT molecular complexity index is 4100. The molecule has 0 aromatic heterocycles. The molecule has 0 aliphatic carbocycles. The van der Waals surface area contributed by atoms with Gasteiger partial charge in [-0.1, -0.05) is 72.8 Å². The fourth-order valence-corrected chi connectivity index (χ4v) is 11.3. The van der Waals surface area contributed by atoms with E-state index >= 15 is 19.2 Å². The molecule has 0 atom stereocenters. The molecule has 0 radical (unpaired) electrons. The number of anilines is 2. The van der Waals surface area contributed by atoms with E-state index in [9.17, 15) is 25.9 Å². The molecule has 0 unspecified atom stereocenters. The average molecular weight is 1070 g/mol. The second kappa shape index (κ2) is 17.8. The van der Waals surface area contributed by atoms with Crippen molar-refractivity contribution in [3.63, 3.8) is 0 Å². The Kier molecular flexibility index (Phi) is 10.9. The number of imide groups is 2. The van der Waals surface area contributed by atoms with E-state index in [4.69, 9.17) is 18.9 Å². The fourth-order valence-electron chi connectivity index (χ4n) is 10.3. The van der Waals surface area contributed by atoms with Gasteiger partial charge in [0.25, 0.3) is 43.9 Å². The molecule has 16 nitrogen and oxygen atoms in total. The van der Waals surface area contributed by atoms with Crippen LogP contribution in [0, 0.1) is 0 Å². The lowest BCUT2D eigenvalue weighted by Gasteiger charge is -2.32. The van der Waals surface area contributed by atoms with Crippen LogP contribution in [-0.2, 0) is 20.2 Å². The van der Waals surface area contributed by atoms with Crippen LogP contribution in [0.15, 0.2) is 204 Å². The molecule has 0 saturated heterocycles. The molecule has 13 rings (SSSR count). The molecule has 11 aromatic rings. The first-order chi connectivity index (χ1) is 37.6. The van der Waals surface area contributed by atoms with Gasteiger partial charge < -0.3 is 18.9 Å². The number of rotatable bonds is 12. The van der Waals surface area contributed by atoms with Crippen LogP contribution < -0.4 is 28.7 Å². The minimum absolute atomic E-state index is 0.0213. The zero-order chi connectivity index (χ0) is 53.8. The summed E-state index contributed by atoms with van der Waals surface area (Å²) >= 11 is 0. The van der Waals surface area contributed by atoms with Crippen LogP contribution in [0.5, 0.6) is 46.0 Å². The number of hydrogen-bond acceptors (Lipinski definition) is 12. The van der Waals surface area contributed by atoms with Gasteiger partial charge in [0.15, 0.2) is 0 Å². The van der Waals surface area contributed by atoms with Crippen molar-refractivity contribution in [2.75, 3.05) is 9.80 Å². The van der Waals surface area contributed by atoms with Crippen molar-refractivity contribution in [1.82, 2.24) is 0 Å². The van der Waals surface area contributed by atoms with E-state index < -0.39 is 53.7 Å². The summed E-state index contributed by atoms with van der Waals surface area (Å²) in [5.74, 6) is -1.77. The van der Waals surface area contributed by atoms with Crippen LogP contribution in [0.4, 0.5) is 11.4 Å². The largest absolute Gasteiger partial charge is 0.457 e. The third-order valence-electron chi connectivity index (χ3n) is 13.6. The topological polar surface area (TPSA) is 220 Å². The van der Waals surface area contributed by atoms with Crippen LogP contribution in [0.2, 0.25) is 0 Å². The van der Waals surface area contributed by atoms with Gasteiger partial charge in [-0.2, -0.15) is 16.8 Å². The van der Waals surface area contributed by atoms with Gasteiger partial charge in [-0.3, -0.25) is 28.3 Å². The summed E-state index contributed by atoms with van der Waals surface area (Å²) in [5.41, 5.74) is -0.129. The minimum atomic E-state index is -4.66. The molecule has 4 amide bonds. The van der Waals surface area contributed by atoms with Crippen molar-refractivity contribution in [2.45, 2.75) is 9.79 Å². The van der Waals surface area contributed by atoms with E-state index in [2.05, 4.69) is 0 Å². The predicted molar refractivity (Wildman–Crippen MR) is 289 cm³/mol. The number of ether oxygens (including phenoxy) is 4. The van der Waals surface area contributed by atoms with Crippen molar-refractivity contribution < 1.29 is 64.1 Å². The molecule has 0 spiro atoms. The quantitative estimate of drug-likeness (QED) is 0.0503. The summed E-state index contributed by atoms with van der Waals surface area (Å²) in [6.45, 7) is 0. The Morgan fingerprint density at radius 1 is 0.295 bits per heavy atom. The normalized spacial score (nSPS) is 13.5. The number of benzene rings is 11. The molecule has 2 aliphatic heterocycles. The molecule has 0 fully saturated rings. The van der Waals surface area contributed by atoms with Crippen LogP contribution in [0.1, 0.15) is 41.4 Å². The molecule has 78 heavy (non-hydrogen) atoms. The van der Waals surface area contributed by atoms with Gasteiger partial charge in [-0.25, -0.2) is 9.80 Å². The lowest BCUT2D eigenvalue weighted by atomic mass is 9.80. The summed E-state index contributed by atoms with van der Waals surface area (Å²) < 4.78 is 95.7. The van der Waals surface area contributed by atoms with E-state index in [0.717, 1.165) is 34.1 Å². The van der Waals surface area contributed by atoms with Gasteiger partial charge in [0.05, 0.1) is 43.4 Å². The van der Waals surface area contributed by atoms with Crippen molar-refractivity contribution >= 4 is 98.3 Å².